The van der Waals surface area contributed by atoms with Crippen LogP contribution in [0.4, 0.5) is 17.1 Å². The molecule has 0 aliphatic carbocycles. The molecule has 1 aliphatic rings. The summed E-state index contributed by atoms with van der Waals surface area (Å²) in [6.07, 6.45) is 5.69. The Morgan fingerprint density at radius 2 is 2.05 bits per heavy atom. The molecule has 0 saturated heterocycles. The average Bonchev–Trinajstić information content (AvgIpc) is 2.50. The van der Waals surface area contributed by atoms with E-state index >= 15 is 0 Å². The summed E-state index contributed by atoms with van der Waals surface area (Å²) in [5.41, 5.74) is 9.84. The molecule has 4 nitrogen and oxygen atoms in total. The number of carbonyl (C=O) groups excluding carboxylic acids is 1. The Morgan fingerprint density at radius 3 is 2.67 bits per heavy atom. The fraction of sp³-hybridized carbons (Fsp3) is 0.562. The van der Waals surface area contributed by atoms with Crippen molar-refractivity contribution in [3.8, 4) is 0 Å². The van der Waals surface area contributed by atoms with Crippen molar-refractivity contribution in [2.45, 2.75) is 44.3 Å². The third-order valence-corrected chi connectivity index (χ3v) is 6.08. The molecule has 0 atom stereocenters. The lowest BCUT2D eigenvalue weighted by atomic mass is 10.00. The fourth-order valence-electron chi connectivity index (χ4n) is 2.72. The summed E-state index contributed by atoms with van der Waals surface area (Å²) in [5.74, 6) is 0.0822. The standard InChI is InChI=1S/C16H25N3OS/c1-4-16(5-2,21-3)10-18-14-9-13-11(8-12(14)17)6-7-15(20)19-13/h8-9,18H,4-7,10,17H2,1-3H3,(H,19,20). The second kappa shape index (κ2) is 6.60. The molecular formula is C16H25N3OS. The number of nitrogens with two attached hydrogens (primary N) is 1. The molecule has 1 amide bonds. The van der Waals surface area contributed by atoms with Gasteiger partial charge in [0, 0.05) is 23.4 Å². The van der Waals surface area contributed by atoms with Gasteiger partial charge in [-0.15, -0.1) is 0 Å². The number of aryl methyl sites for hydroxylation is 1. The Labute approximate surface area is 131 Å². The van der Waals surface area contributed by atoms with Crippen molar-refractivity contribution < 1.29 is 4.79 Å². The Kier molecular flexibility index (Phi) is 5.04. The van der Waals surface area contributed by atoms with Crippen molar-refractivity contribution in [1.29, 1.82) is 0 Å². The minimum atomic E-state index is 0.0822. The first-order valence-corrected chi connectivity index (χ1v) is 8.77. The van der Waals surface area contributed by atoms with E-state index in [9.17, 15) is 4.79 Å². The van der Waals surface area contributed by atoms with Crippen LogP contribution in [0, 0.1) is 0 Å². The van der Waals surface area contributed by atoms with Crippen LogP contribution < -0.4 is 16.4 Å². The van der Waals surface area contributed by atoms with Gasteiger partial charge in [-0.1, -0.05) is 13.8 Å². The van der Waals surface area contributed by atoms with E-state index in [0.717, 1.165) is 48.4 Å². The molecule has 0 fully saturated rings. The maximum atomic E-state index is 11.5. The second-order valence-corrected chi connectivity index (χ2v) is 6.87. The van der Waals surface area contributed by atoms with E-state index in [4.69, 9.17) is 5.73 Å². The van der Waals surface area contributed by atoms with Crippen molar-refractivity contribution >= 4 is 34.7 Å². The minimum absolute atomic E-state index is 0.0822. The van der Waals surface area contributed by atoms with E-state index in [0.29, 0.717) is 6.42 Å². The zero-order chi connectivity index (χ0) is 15.5. The smallest absolute Gasteiger partial charge is 0.224 e. The maximum Gasteiger partial charge on any atom is 0.224 e. The van der Waals surface area contributed by atoms with E-state index in [1.165, 1.54) is 0 Å². The highest BCUT2D eigenvalue weighted by Gasteiger charge is 2.25. The summed E-state index contributed by atoms with van der Waals surface area (Å²) in [6.45, 7) is 5.31. The van der Waals surface area contributed by atoms with Crippen LogP contribution in [0.2, 0.25) is 0 Å². The van der Waals surface area contributed by atoms with Crippen LogP contribution in [0.15, 0.2) is 12.1 Å². The summed E-state index contributed by atoms with van der Waals surface area (Å²) in [7, 11) is 0. The van der Waals surface area contributed by atoms with E-state index in [-0.39, 0.29) is 10.7 Å². The molecular weight excluding hydrogens is 282 g/mol. The van der Waals surface area contributed by atoms with E-state index in [1.54, 1.807) is 0 Å². The van der Waals surface area contributed by atoms with Crippen LogP contribution >= 0.6 is 11.8 Å². The predicted octanol–water partition coefficient (Wildman–Crippen LogP) is 3.49. The topological polar surface area (TPSA) is 67.1 Å². The molecule has 1 aromatic carbocycles. The number of anilines is 3. The fourth-order valence-corrected chi connectivity index (χ4v) is 3.51. The van der Waals surface area contributed by atoms with Crippen molar-refractivity contribution in [2.75, 3.05) is 29.2 Å². The van der Waals surface area contributed by atoms with Gasteiger partial charge in [0.1, 0.15) is 0 Å². The van der Waals surface area contributed by atoms with E-state index < -0.39 is 0 Å². The van der Waals surface area contributed by atoms with Gasteiger partial charge in [-0.3, -0.25) is 4.79 Å². The lowest BCUT2D eigenvalue weighted by Crippen LogP contribution is -2.32. The zero-order valence-electron chi connectivity index (χ0n) is 13.1. The van der Waals surface area contributed by atoms with Gasteiger partial charge in [0.2, 0.25) is 5.91 Å². The van der Waals surface area contributed by atoms with Crippen molar-refractivity contribution in [1.82, 2.24) is 0 Å². The lowest BCUT2D eigenvalue weighted by molar-refractivity contribution is -0.116. The number of hydrogen-bond acceptors (Lipinski definition) is 4. The molecule has 0 radical (unpaired) electrons. The largest absolute Gasteiger partial charge is 0.397 e. The summed E-state index contributed by atoms with van der Waals surface area (Å²) in [4.78, 5) is 11.5. The number of thioether (sulfide) groups is 1. The number of rotatable bonds is 6. The number of benzene rings is 1. The van der Waals surface area contributed by atoms with Crippen LogP contribution in [0.25, 0.3) is 0 Å². The molecule has 2 rings (SSSR count). The monoisotopic (exact) mass is 307 g/mol. The highest BCUT2D eigenvalue weighted by atomic mass is 32.2. The summed E-state index contributed by atoms with van der Waals surface area (Å²) in [6, 6.07) is 3.95. The Morgan fingerprint density at radius 1 is 1.33 bits per heavy atom. The maximum absolute atomic E-state index is 11.5. The van der Waals surface area contributed by atoms with Gasteiger partial charge >= 0.3 is 0 Å². The van der Waals surface area contributed by atoms with Gasteiger partial charge < -0.3 is 16.4 Å². The quantitative estimate of drug-likeness (QED) is 0.704. The molecule has 21 heavy (non-hydrogen) atoms. The van der Waals surface area contributed by atoms with Crippen molar-refractivity contribution in [3.63, 3.8) is 0 Å². The van der Waals surface area contributed by atoms with Crippen LogP contribution in [0.3, 0.4) is 0 Å². The Bertz CT molecular complexity index is 518. The first-order valence-electron chi connectivity index (χ1n) is 7.55. The van der Waals surface area contributed by atoms with E-state index in [1.807, 2.05) is 23.9 Å². The molecule has 1 aliphatic heterocycles. The molecule has 0 bridgehead atoms. The third-order valence-electron chi connectivity index (χ3n) is 4.49. The molecule has 1 heterocycles. The molecule has 0 unspecified atom stereocenters. The van der Waals surface area contributed by atoms with E-state index in [2.05, 4.69) is 30.7 Å². The molecule has 5 heteroatoms. The summed E-state index contributed by atoms with van der Waals surface area (Å²) in [5, 5.41) is 6.40. The first-order chi connectivity index (χ1) is 10.0. The number of nitrogens with one attached hydrogen (secondary N) is 2. The van der Waals surface area contributed by atoms with Gasteiger partial charge in [-0.05, 0) is 43.2 Å². The van der Waals surface area contributed by atoms with Gasteiger partial charge in [0.15, 0.2) is 0 Å². The number of carbonyl (C=O) groups is 1. The van der Waals surface area contributed by atoms with Crippen LogP contribution in [-0.4, -0.2) is 23.5 Å². The van der Waals surface area contributed by atoms with Crippen molar-refractivity contribution in [3.05, 3.63) is 17.7 Å². The number of hydrogen-bond donors (Lipinski definition) is 3. The van der Waals surface area contributed by atoms with Gasteiger partial charge in [-0.2, -0.15) is 11.8 Å². The molecule has 0 saturated carbocycles. The average molecular weight is 307 g/mol. The highest BCUT2D eigenvalue weighted by Crippen LogP contribution is 2.34. The highest BCUT2D eigenvalue weighted by molar-refractivity contribution is 8.00. The molecule has 0 aromatic heterocycles. The normalized spacial score (nSPS) is 14.5. The van der Waals surface area contributed by atoms with Crippen molar-refractivity contribution in [2.24, 2.45) is 0 Å². The number of fused-ring (bicyclic) bond motifs is 1. The first kappa shape index (κ1) is 16.0. The Balaban J connectivity index is 2.17. The summed E-state index contributed by atoms with van der Waals surface area (Å²) >= 11 is 1.90. The van der Waals surface area contributed by atoms with Crippen LogP contribution in [-0.2, 0) is 11.2 Å². The molecule has 4 N–H and O–H groups in total. The number of amides is 1. The zero-order valence-corrected chi connectivity index (χ0v) is 13.9. The Hall–Kier alpha value is -1.36. The minimum Gasteiger partial charge on any atom is -0.397 e. The van der Waals surface area contributed by atoms with Gasteiger partial charge in [-0.25, -0.2) is 0 Å². The molecule has 0 spiro atoms. The number of nitrogen functional groups attached to an aromatic ring is 1. The lowest BCUT2D eigenvalue weighted by Gasteiger charge is -2.31. The van der Waals surface area contributed by atoms with Gasteiger partial charge in [0.25, 0.3) is 0 Å². The SMILES string of the molecule is CCC(CC)(CNc1cc2c(cc1N)CCC(=O)N2)SC. The molecule has 1 aromatic rings. The van der Waals surface area contributed by atoms with Crippen LogP contribution in [0.5, 0.6) is 0 Å². The summed E-state index contributed by atoms with van der Waals surface area (Å²) < 4.78 is 0.228. The molecule has 116 valence electrons. The van der Waals surface area contributed by atoms with Gasteiger partial charge in [0.05, 0.1) is 11.4 Å². The second-order valence-electron chi connectivity index (χ2n) is 5.59. The van der Waals surface area contributed by atoms with Crippen LogP contribution in [0.1, 0.15) is 38.7 Å². The predicted molar refractivity (Wildman–Crippen MR) is 93.1 cm³/mol. The third kappa shape index (κ3) is 3.46.